The molecule has 2 heteroatoms. The molecule has 2 rings (SSSR count). The van der Waals surface area contributed by atoms with Crippen LogP contribution in [0.4, 0.5) is 0 Å². The topological polar surface area (TPSA) is 18.5 Å². The molecule has 100 valence electrons. The Hall–Kier alpha value is -1.02. The monoisotopic (exact) mass is 248 g/mol. The number of benzene rings is 1. The molecule has 1 aromatic rings. The summed E-state index contributed by atoms with van der Waals surface area (Å²) in [5, 5.41) is 0. The van der Waals surface area contributed by atoms with Crippen LogP contribution < -0.4 is 4.74 Å². The summed E-state index contributed by atoms with van der Waals surface area (Å²) in [5.41, 5.74) is 1.41. The van der Waals surface area contributed by atoms with Crippen LogP contribution in [0.3, 0.4) is 0 Å². The fourth-order valence-corrected chi connectivity index (χ4v) is 2.71. The van der Waals surface area contributed by atoms with E-state index in [9.17, 15) is 0 Å². The van der Waals surface area contributed by atoms with Crippen molar-refractivity contribution < 1.29 is 9.47 Å². The van der Waals surface area contributed by atoms with E-state index in [2.05, 4.69) is 31.2 Å². The van der Waals surface area contributed by atoms with E-state index in [1.54, 1.807) is 7.11 Å². The van der Waals surface area contributed by atoms with Gasteiger partial charge in [-0.25, -0.2) is 0 Å². The number of hydrogen-bond donors (Lipinski definition) is 0. The van der Waals surface area contributed by atoms with Crippen LogP contribution in [0.25, 0.3) is 0 Å². The lowest BCUT2D eigenvalue weighted by atomic mass is 9.84. The van der Waals surface area contributed by atoms with Crippen molar-refractivity contribution in [1.29, 1.82) is 0 Å². The van der Waals surface area contributed by atoms with Gasteiger partial charge in [-0.2, -0.15) is 0 Å². The predicted molar refractivity (Wildman–Crippen MR) is 74.0 cm³/mol. The number of aryl methyl sites for hydroxylation is 1. The van der Waals surface area contributed by atoms with Crippen molar-refractivity contribution in [2.24, 2.45) is 11.8 Å². The molecule has 0 N–H and O–H groups in total. The summed E-state index contributed by atoms with van der Waals surface area (Å²) in [6.45, 7) is 4.30. The third-order valence-corrected chi connectivity index (χ3v) is 4.12. The van der Waals surface area contributed by atoms with E-state index in [0.29, 0.717) is 0 Å². The molecule has 1 aliphatic rings. The van der Waals surface area contributed by atoms with E-state index in [1.165, 1.54) is 31.2 Å². The van der Waals surface area contributed by atoms with E-state index in [0.717, 1.165) is 30.8 Å². The van der Waals surface area contributed by atoms with Crippen LogP contribution in [0, 0.1) is 11.8 Å². The van der Waals surface area contributed by atoms with E-state index in [-0.39, 0.29) is 0 Å². The maximum atomic E-state index is 5.42. The summed E-state index contributed by atoms with van der Waals surface area (Å²) in [6.07, 6.45) is 4.92. The number of hydrogen-bond acceptors (Lipinski definition) is 2. The van der Waals surface area contributed by atoms with Crippen molar-refractivity contribution in [2.45, 2.75) is 32.6 Å². The average molecular weight is 248 g/mol. The molecule has 0 aromatic heterocycles. The quantitative estimate of drug-likeness (QED) is 0.791. The molecule has 2 nitrogen and oxygen atoms in total. The smallest absolute Gasteiger partial charge is 0.118 e. The zero-order chi connectivity index (χ0) is 12.8. The molecular weight excluding hydrogens is 224 g/mol. The Labute approximate surface area is 110 Å². The molecule has 0 aliphatic carbocycles. The highest BCUT2D eigenvalue weighted by Gasteiger charge is 2.19. The third kappa shape index (κ3) is 3.74. The molecule has 1 aliphatic heterocycles. The summed E-state index contributed by atoms with van der Waals surface area (Å²) in [7, 11) is 1.71. The van der Waals surface area contributed by atoms with Crippen molar-refractivity contribution in [3.8, 4) is 5.75 Å². The molecule has 1 fully saturated rings. The van der Waals surface area contributed by atoms with Crippen LogP contribution in [-0.2, 0) is 11.2 Å². The summed E-state index contributed by atoms with van der Waals surface area (Å²) in [4.78, 5) is 0. The molecule has 0 saturated carbocycles. The predicted octanol–water partition coefficient (Wildman–Crippen LogP) is 3.69. The summed E-state index contributed by atoms with van der Waals surface area (Å²) < 4.78 is 10.6. The zero-order valence-corrected chi connectivity index (χ0v) is 11.5. The van der Waals surface area contributed by atoms with Gasteiger partial charge in [-0.05, 0) is 55.2 Å². The van der Waals surface area contributed by atoms with Gasteiger partial charge < -0.3 is 9.47 Å². The molecule has 1 unspecified atom stereocenters. The maximum absolute atomic E-state index is 5.42. The van der Waals surface area contributed by atoms with Gasteiger partial charge in [-0.1, -0.05) is 19.1 Å². The SMILES string of the molecule is COc1ccc(CCC(C)C2CCOCC2)cc1. The second-order valence-electron chi connectivity index (χ2n) is 5.31. The first kappa shape index (κ1) is 13.4. The van der Waals surface area contributed by atoms with Crippen molar-refractivity contribution in [3.63, 3.8) is 0 Å². The van der Waals surface area contributed by atoms with Gasteiger partial charge in [0.15, 0.2) is 0 Å². The highest BCUT2D eigenvalue weighted by molar-refractivity contribution is 5.27. The fraction of sp³-hybridized carbons (Fsp3) is 0.625. The normalized spacial score (nSPS) is 18.6. The molecule has 1 heterocycles. The highest BCUT2D eigenvalue weighted by atomic mass is 16.5. The Morgan fingerprint density at radius 1 is 1.22 bits per heavy atom. The van der Waals surface area contributed by atoms with Gasteiger partial charge in [0.1, 0.15) is 5.75 Å². The van der Waals surface area contributed by atoms with Gasteiger partial charge in [-0.3, -0.25) is 0 Å². The van der Waals surface area contributed by atoms with E-state index >= 15 is 0 Å². The van der Waals surface area contributed by atoms with Crippen LogP contribution in [0.15, 0.2) is 24.3 Å². The minimum absolute atomic E-state index is 0.802. The Kier molecular flexibility index (Phi) is 5.06. The maximum Gasteiger partial charge on any atom is 0.118 e. The first-order chi connectivity index (χ1) is 8.79. The van der Waals surface area contributed by atoms with E-state index in [1.807, 2.05) is 0 Å². The lowest BCUT2D eigenvalue weighted by Crippen LogP contribution is -2.22. The molecule has 1 saturated heterocycles. The minimum atomic E-state index is 0.802. The largest absolute Gasteiger partial charge is 0.497 e. The van der Waals surface area contributed by atoms with Crippen LogP contribution >= 0.6 is 0 Å². The van der Waals surface area contributed by atoms with Crippen LogP contribution in [-0.4, -0.2) is 20.3 Å². The Morgan fingerprint density at radius 2 is 1.89 bits per heavy atom. The molecule has 1 atom stereocenters. The van der Waals surface area contributed by atoms with Crippen molar-refractivity contribution >= 4 is 0 Å². The van der Waals surface area contributed by atoms with Gasteiger partial charge in [0, 0.05) is 13.2 Å². The Bertz CT molecular complexity index is 339. The van der Waals surface area contributed by atoms with Crippen molar-refractivity contribution in [2.75, 3.05) is 20.3 Å². The zero-order valence-electron chi connectivity index (χ0n) is 11.5. The van der Waals surface area contributed by atoms with Gasteiger partial charge in [0.05, 0.1) is 7.11 Å². The number of rotatable bonds is 5. The Morgan fingerprint density at radius 3 is 2.50 bits per heavy atom. The number of ether oxygens (including phenoxy) is 2. The minimum Gasteiger partial charge on any atom is -0.497 e. The second-order valence-corrected chi connectivity index (χ2v) is 5.31. The Balaban J connectivity index is 1.78. The van der Waals surface area contributed by atoms with Crippen molar-refractivity contribution in [3.05, 3.63) is 29.8 Å². The van der Waals surface area contributed by atoms with Crippen LogP contribution in [0.2, 0.25) is 0 Å². The summed E-state index contributed by atoms with van der Waals surface area (Å²) in [6, 6.07) is 8.45. The van der Waals surface area contributed by atoms with E-state index < -0.39 is 0 Å². The van der Waals surface area contributed by atoms with E-state index in [4.69, 9.17) is 9.47 Å². The first-order valence-electron chi connectivity index (χ1n) is 7.00. The summed E-state index contributed by atoms with van der Waals surface area (Å²) >= 11 is 0. The lowest BCUT2D eigenvalue weighted by molar-refractivity contribution is 0.0482. The highest BCUT2D eigenvalue weighted by Crippen LogP contribution is 2.27. The second kappa shape index (κ2) is 6.79. The van der Waals surface area contributed by atoms with Gasteiger partial charge in [-0.15, -0.1) is 0 Å². The third-order valence-electron chi connectivity index (χ3n) is 4.12. The molecule has 0 spiro atoms. The van der Waals surface area contributed by atoms with Crippen LogP contribution in [0.1, 0.15) is 31.7 Å². The van der Waals surface area contributed by atoms with Gasteiger partial charge >= 0.3 is 0 Å². The molecular formula is C16H24O2. The molecule has 0 radical (unpaired) electrons. The molecule has 1 aromatic carbocycles. The molecule has 0 amide bonds. The van der Waals surface area contributed by atoms with Gasteiger partial charge in [0.2, 0.25) is 0 Å². The lowest BCUT2D eigenvalue weighted by Gasteiger charge is -2.27. The summed E-state index contributed by atoms with van der Waals surface area (Å²) in [5.74, 6) is 2.60. The van der Waals surface area contributed by atoms with Crippen LogP contribution in [0.5, 0.6) is 5.75 Å². The molecule has 0 bridgehead atoms. The molecule has 18 heavy (non-hydrogen) atoms. The average Bonchev–Trinajstić information content (AvgIpc) is 2.46. The van der Waals surface area contributed by atoms with Gasteiger partial charge in [0.25, 0.3) is 0 Å². The standard InChI is InChI=1S/C16H24O2/c1-13(15-9-11-18-12-10-15)3-4-14-5-7-16(17-2)8-6-14/h5-8,13,15H,3-4,9-12H2,1-2H3. The van der Waals surface area contributed by atoms with Crippen molar-refractivity contribution in [1.82, 2.24) is 0 Å². The fourth-order valence-electron chi connectivity index (χ4n) is 2.71. The number of methoxy groups -OCH3 is 1. The first-order valence-corrected chi connectivity index (χ1v) is 7.00.